The first-order valence-electron chi connectivity index (χ1n) is 6.53. The maximum absolute atomic E-state index is 15.2. The van der Waals surface area contributed by atoms with E-state index >= 15 is 4.39 Å². The van der Waals surface area contributed by atoms with E-state index < -0.39 is 5.67 Å². The molecule has 1 aromatic carbocycles. The molecule has 0 aliphatic carbocycles. The Labute approximate surface area is 106 Å². The van der Waals surface area contributed by atoms with Crippen LogP contribution in [0.3, 0.4) is 0 Å². The standard InChI is InChI=1S/C15H17FN2/c16-15(7-3-9-17-11-8-15)13-6-1-4-12-5-2-10-18-14(12)13/h1-2,4-6,10,17H,3,7-9,11H2. The summed E-state index contributed by atoms with van der Waals surface area (Å²) in [5.74, 6) is 0. The van der Waals surface area contributed by atoms with Crippen molar-refractivity contribution in [1.29, 1.82) is 0 Å². The van der Waals surface area contributed by atoms with E-state index in [0.717, 1.165) is 36.0 Å². The molecule has 2 heterocycles. The third kappa shape index (κ3) is 1.99. The first-order valence-corrected chi connectivity index (χ1v) is 6.53. The molecule has 3 heteroatoms. The van der Waals surface area contributed by atoms with Crippen molar-refractivity contribution in [2.75, 3.05) is 13.1 Å². The van der Waals surface area contributed by atoms with Gasteiger partial charge in [-0.25, -0.2) is 4.39 Å². The number of pyridine rings is 1. The zero-order chi connectivity index (χ0) is 12.4. The predicted octanol–water partition coefficient (Wildman–Crippen LogP) is 3.17. The van der Waals surface area contributed by atoms with Crippen molar-refractivity contribution in [1.82, 2.24) is 10.3 Å². The number of nitrogens with zero attached hydrogens (tertiary/aromatic N) is 1. The molecule has 1 aliphatic rings. The Kier molecular flexibility index (Phi) is 3.00. The van der Waals surface area contributed by atoms with Crippen molar-refractivity contribution in [2.24, 2.45) is 0 Å². The van der Waals surface area contributed by atoms with E-state index in [0.29, 0.717) is 12.8 Å². The number of benzene rings is 1. The Bertz CT molecular complexity index is 540. The molecule has 0 spiro atoms. The topological polar surface area (TPSA) is 24.9 Å². The number of rotatable bonds is 1. The second-order valence-corrected chi connectivity index (χ2v) is 4.95. The van der Waals surface area contributed by atoms with E-state index in [-0.39, 0.29) is 0 Å². The molecule has 1 N–H and O–H groups in total. The number of nitrogens with one attached hydrogen (secondary N) is 1. The molecule has 94 valence electrons. The van der Waals surface area contributed by atoms with Crippen LogP contribution in [0, 0.1) is 0 Å². The van der Waals surface area contributed by atoms with Crippen LogP contribution < -0.4 is 5.32 Å². The molecule has 1 saturated heterocycles. The van der Waals surface area contributed by atoms with Crippen LogP contribution in [0.1, 0.15) is 24.8 Å². The average Bonchev–Trinajstić information content (AvgIpc) is 2.64. The molecule has 1 fully saturated rings. The summed E-state index contributed by atoms with van der Waals surface area (Å²) in [6, 6.07) is 9.69. The zero-order valence-corrected chi connectivity index (χ0v) is 10.3. The summed E-state index contributed by atoms with van der Waals surface area (Å²) in [4.78, 5) is 4.37. The molecular weight excluding hydrogens is 227 g/mol. The quantitative estimate of drug-likeness (QED) is 0.833. The number of hydrogen-bond acceptors (Lipinski definition) is 2. The molecule has 0 amide bonds. The fourth-order valence-corrected chi connectivity index (χ4v) is 2.77. The first kappa shape index (κ1) is 11.6. The second-order valence-electron chi connectivity index (χ2n) is 4.95. The van der Waals surface area contributed by atoms with Crippen LogP contribution in [0.25, 0.3) is 10.9 Å². The van der Waals surface area contributed by atoms with Gasteiger partial charge in [0.05, 0.1) is 5.52 Å². The van der Waals surface area contributed by atoms with Gasteiger partial charge in [0.25, 0.3) is 0 Å². The van der Waals surface area contributed by atoms with Crippen molar-refractivity contribution < 1.29 is 4.39 Å². The summed E-state index contributed by atoms with van der Waals surface area (Å²) in [6.07, 6.45) is 3.72. The fourth-order valence-electron chi connectivity index (χ4n) is 2.77. The molecule has 2 nitrogen and oxygen atoms in total. The minimum Gasteiger partial charge on any atom is -0.317 e. The first-order chi connectivity index (χ1) is 8.80. The van der Waals surface area contributed by atoms with Gasteiger partial charge in [0, 0.05) is 17.1 Å². The molecule has 1 aliphatic heterocycles. The monoisotopic (exact) mass is 244 g/mol. The maximum Gasteiger partial charge on any atom is 0.139 e. The molecular formula is C15H17FN2. The zero-order valence-electron chi connectivity index (χ0n) is 10.3. The molecule has 0 saturated carbocycles. The van der Waals surface area contributed by atoms with E-state index in [9.17, 15) is 0 Å². The van der Waals surface area contributed by atoms with Gasteiger partial charge in [-0.2, -0.15) is 0 Å². The Morgan fingerprint density at radius 2 is 2.00 bits per heavy atom. The lowest BCUT2D eigenvalue weighted by Crippen LogP contribution is -2.23. The van der Waals surface area contributed by atoms with Crippen LogP contribution in [0.5, 0.6) is 0 Å². The normalized spacial score (nSPS) is 24.9. The summed E-state index contributed by atoms with van der Waals surface area (Å²) in [7, 11) is 0. The molecule has 0 bridgehead atoms. The van der Waals surface area contributed by atoms with Gasteiger partial charge >= 0.3 is 0 Å². The van der Waals surface area contributed by atoms with Crippen molar-refractivity contribution in [2.45, 2.75) is 24.9 Å². The SMILES string of the molecule is FC1(c2cccc3cccnc23)CCCNCC1. The summed E-state index contributed by atoms with van der Waals surface area (Å²) in [5.41, 5.74) is 0.325. The highest BCUT2D eigenvalue weighted by atomic mass is 19.1. The minimum atomic E-state index is -1.24. The summed E-state index contributed by atoms with van der Waals surface area (Å²) in [5, 5.41) is 4.28. The van der Waals surface area contributed by atoms with E-state index in [1.54, 1.807) is 6.20 Å². The summed E-state index contributed by atoms with van der Waals surface area (Å²) < 4.78 is 15.2. The number of aromatic nitrogens is 1. The van der Waals surface area contributed by atoms with Gasteiger partial charge in [0.2, 0.25) is 0 Å². The predicted molar refractivity (Wildman–Crippen MR) is 71.2 cm³/mol. The van der Waals surface area contributed by atoms with Crippen LogP contribution in [0.4, 0.5) is 4.39 Å². The Balaban J connectivity index is 2.12. The third-order valence-electron chi connectivity index (χ3n) is 3.74. The highest BCUT2D eigenvalue weighted by Gasteiger charge is 2.34. The summed E-state index contributed by atoms with van der Waals surface area (Å²) in [6.45, 7) is 1.64. The number of fused-ring (bicyclic) bond motifs is 1. The van der Waals surface area contributed by atoms with Crippen LogP contribution in [0.2, 0.25) is 0 Å². The van der Waals surface area contributed by atoms with Gasteiger partial charge in [0.15, 0.2) is 0 Å². The fraction of sp³-hybridized carbons (Fsp3) is 0.400. The highest BCUT2D eigenvalue weighted by Crippen LogP contribution is 2.38. The van der Waals surface area contributed by atoms with Crippen LogP contribution in [0.15, 0.2) is 36.5 Å². The number of hydrogen-bond donors (Lipinski definition) is 1. The molecule has 2 aromatic rings. The Morgan fingerprint density at radius 1 is 1.11 bits per heavy atom. The molecule has 1 atom stereocenters. The van der Waals surface area contributed by atoms with Gasteiger partial charge < -0.3 is 5.32 Å². The van der Waals surface area contributed by atoms with Crippen LogP contribution in [-0.4, -0.2) is 18.1 Å². The van der Waals surface area contributed by atoms with Crippen molar-refractivity contribution in [3.8, 4) is 0 Å². The lowest BCUT2D eigenvalue weighted by atomic mass is 9.87. The molecule has 3 rings (SSSR count). The average molecular weight is 244 g/mol. The van der Waals surface area contributed by atoms with Crippen molar-refractivity contribution >= 4 is 10.9 Å². The van der Waals surface area contributed by atoms with Gasteiger partial charge in [-0.15, -0.1) is 0 Å². The largest absolute Gasteiger partial charge is 0.317 e. The third-order valence-corrected chi connectivity index (χ3v) is 3.74. The maximum atomic E-state index is 15.2. The number of halogens is 1. The molecule has 18 heavy (non-hydrogen) atoms. The van der Waals surface area contributed by atoms with Gasteiger partial charge in [-0.05, 0) is 38.4 Å². The Hall–Kier alpha value is -1.48. The van der Waals surface area contributed by atoms with E-state index in [1.165, 1.54) is 0 Å². The lowest BCUT2D eigenvalue weighted by Gasteiger charge is -2.24. The van der Waals surface area contributed by atoms with Crippen molar-refractivity contribution in [3.63, 3.8) is 0 Å². The molecule has 1 unspecified atom stereocenters. The number of para-hydroxylation sites is 1. The van der Waals surface area contributed by atoms with Crippen molar-refractivity contribution in [3.05, 3.63) is 42.1 Å². The van der Waals surface area contributed by atoms with Gasteiger partial charge in [-0.3, -0.25) is 4.98 Å². The summed E-state index contributed by atoms with van der Waals surface area (Å²) >= 11 is 0. The van der Waals surface area contributed by atoms with Crippen LogP contribution in [-0.2, 0) is 5.67 Å². The molecule has 0 radical (unpaired) electrons. The van der Waals surface area contributed by atoms with E-state index in [1.807, 2.05) is 30.3 Å². The van der Waals surface area contributed by atoms with Crippen LogP contribution >= 0.6 is 0 Å². The second kappa shape index (κ2) is 4.65. The van der Waals surface area contributed by atoms with Gasteiger partial charge in [0.1, 0.15) is 5.67 Å². The minimum absolute atomic E-state index is 0.530. The van der Waals surface area contributed by atoms with E-state index in [4.69, 9.17) is 0 Å². The lowest BCUT2D eigenvalue weighted by molar-refractivity contribution is 0.146. The smallest absolute Gasteiger partial charge is 0.139 e. The van der Waals surface area contributed by atoms with E-state index in [2.05, 4.69) is 10.3 Å². The highest BCUT2D eigenvalue weighted by molar-refractivity contribution is 5.82. The Morgan fingerprint density at radius 3 is 2.94 bits per heavy atom. The molecule has 1 aromatic heterocycles. The number of alkyl halides is 1. The van der Waals surface area contributed by atoms with Gasteiger partial charge in [-0.1, -0.05) is 24.3 Å².